The molecule has 1 aliphatic rings. The molecule has 0 spiro atoms. The van der Waals surface area contributed by atoms with Crippen LogP contribution in [0.5, 0.6) is 0 Å². The van der Waals surface area contributed by atoms with E-state index in [4.69, 9.17) is 4.74 Å². The van der Waals surface area contributed by atoms with Crippen molar-refractivity contribution in [3.8, 4) is 0 Å². The van der Waals surface area contributed by atoms with Crippen LogP contribution in [-0.2, 0) is 17.6 Å². The molecule has 122 valence electrons. The standard InChI is InChI=1S/C19H23NO2S/c1-19(2,3)22-18(21)20-16-12-23-17-11-14(9-10-15(16)17)13-7-5-4-6-8-13/h4-8,12,14H,9-11H2,1-3H3,(H,20,21). The quantitative estimate of drug-likeness (QED) is 0.804. The predicted octanol–water partition coefficient (Wildman–Crippen LogP) is 5.37. The molecular weight excluding hydrogens is 306 g/mol. The molecule has 1 N–H and O–H groups in total. The van der Waals surface area contributed by atoms with E-state index in [-0.39, 0.29) is 6.09 Å². The lowest BCUT2D eigenvalue weighted by atomic mass is 9.84. The number of carbonyl (C=O) groups excluding carboxylic acids is 1. The SMILES string of the molecule is CC(C)(C)OC(=O)Nc1csc2c1CCC(c1ccccc1)C2. The van der Waals surface area contributed by atoms with Crippen molar-refractivity contribution in [2.24, 2.45) is 0 Å². The molecule has 1 aliphatic carbocycles. The number of rotatable bonds is 2. The first kappa shape index (κ1) is 16.1. The van der Waals surface area contributed by atoms with Gasteiger partial charge in [-0.25, -0.2) is 4.79 Å². The number of hydrogen-bond acceptors (Lipinski definition) is 3. The number of nitrogens with one attached hydrogen (secondary N) is 1. The largest absolute Gasteiger partial charge is 0.444 e. The van der Waals surface area contributed by atoms with Crippen LogP contribution < -0.4 is 5.32 Å². The van der Waals surface area contributed by atoms with Gasteiger partial charge in [0.15, 0.2) is 0 Å². The van der Waals surface area contributed by atoms with Crippen molar-refractivity contribution in [1.29, 1.82) is 0 Å². The maximum Gasteiger partial charge on any atom is 0.412 e. The molecule has 0 radical (unpaired) electrons. The van der Waals surface area contributed by atoms with E-state index in [1.54, 1.807) is 11.3 Å². The van der Waals surface area contributed by atoms with Crippen LogP contribution in [0.25, 0.3) is 0 Å². The first-order chi connectivity index (χ1) is 10.9. The molecule has 0 aliphatic heterocycles. The summed E-state index contributed by atoms with van der Waals surface area (Å²) in [6, 6.07) is 10.7. The number of amides is 1. The van der Waals surface area contributed by atoms with Crippen molar-refractivity contribution in [1.82, 2.24) is 0 Å². The Morgan fingerprint density at radius 1 is 1.26 bits per heavy atom. The number of ether oxygens (including phenoxy) is 1. The third kappa shape index (κ3) is 3.94. The second-order valence-electron chi connectivity index (χ2n) is 7.03. The molecule has 1 amide bonds. The van der Waals surface area contributed by atoms with Crippen LogP contribution in [-0.4, -0.2) is 11.7 Å². The topological polar surface area (TPSA) is 38.3 Å². The third-order valence-electron chi connectivity index (χ3n) is 4.06. The molecule has 2 aromatic rings. The highest BCUT2D eigenvalue weighted by atomic mass is 32.1. The Morgan fingerprint density at radius 3 is 2.70 bits per heavy atom. The fourth-order valence-electron chi connectivity index (χ4n) is 3.04. The van der Waals surface area contributed by atoms with Gasteiger partial charge in [-0.2, -0.15) is 0 Å². The first-order valence-electron chi connectivity index (χ1n) is 8.06. The second-order valence-corrected chi connectivity index (χ2v) is 7.99. The summed E-state index contributed by atoms with van der Waals surface area (Å²) < 4.78 is 5.35. The molecule has 4 heteroatoms. The summed E-state index contributed by atoms with van der Waals surface area (Å²) >= 11 is 1.74. The van der Waals surface area contributed by atoms with Crippen molar-refractivity contribution in [3.05, 3.63) is 51.7 Å². The zero-order valence-corrected chi connectivity index (χ0v) is 14.7. The number of benzene rings is 1. The summed E-state index contributed by atoms with van der Waals surface area (Å²) in [5.41, 5.74) is 3.14. The van der Waals surface area contributed by atoms with E-state index in [0.717, 1.165) is 24.9 Å². The molecule has 23 heavy (non-hydrogen) atoms. The van der Waals surface area contributed by atoms with Crippen LogP contribution in [0.3, 0.4) is 0 Å². The minimum atomic E-state index is -0.474. The lowest BCUT2D eigenvalue weighted by Crippen LogP contribution is -2.27. The Morgan fingerprint density at radius 2 is 2.00 bits per heavy atom. The minimum Gasteiger partial charge on any atom is -0.444 e. The predicted molar refractivity (Wildman–Crippen MR) is 95.4 cm³/mol. The van der Waals surface area contributed by atoms with Crippen LogP contribution in [0.2, 0.25) is 0 Å². The normalized spacial score (nSPS) is 17.4. The average molecular weight is 329 g/mol. The van der Waals surface area contributed by atoms with Crippen molar-refractivity contribution in [2.75, 3.05) is 5.32 Å². The fourth-order valence-corrected chi connectivity index (χ4v) is 4.15. The van der Waals surface area contributed by atoms with E-state index in [0.29, 0.717) is 5.92 Å². The number of carbonyl (C=O) groups is 1. The molecule has 0 fully saturated rings. The van der Waals surface area contributed by atoms with Gasteiger partial charge in [-0.05, 0) is 57.1 Å². The summed E-state index contributed by atoms with van der Waals surface area (Å²) in [5, 5.41) is 4.95. The van der Waals surface area contributed by atoms with E-state index in [9.17, 15) is 4.79 Å². The van der Waals surface area contributed by atoms with Gasteiger partial charge in [0, 0.05) is 10.3 Å². The van der Waals surface area contributed by atoms with E-state index in [1.165, 1.54) is 16.0 Å². The van der Waals surface area contributed by atoms with Gasteiger partial charge in [-0.3, -0.25) is 5.32 Å². The van der Waals surface area contributed by atoms with Crippen LogP contribution >= 0.6 is 11.3 Å². The van der Waals surface area contributed by atoms with Gasteiger partial charge in [0.2, 0.25) is 0 Å². The van der Waals surface area contributed by atoms with E-state index in [2.05, 4.69) is 35.6 Å². The number of anilines is 1. The van der Waals surface area contributed by atoms with Gasteiger partial charge >= 0.3 is 6.09 Å². The highest BCUT2D eigenvalue weighted by molar-refractivity contribution is 7.10. The average Bonchev–Trinajstić information content (AvgIpc) is 2.88. The molecule has 1 heterocycles. The van der Waals surface area contributed by atoms with Crippen LogP contribution in [0.4, 0.5) is 10.5 Å². The first-order valence-corrected chi connectivity index (χ1v) is 8.94. The maximum atomic E-state index is 12.0. The molecule has 1 aromatic heterocycles. The second kappa shape index (κ2) is 6.36. The monoisotopic (exact) mass is 329 g/mol. The Kier molecular flexibility index (Phi) is 4.44. The number of fused-ring (bicyclic) bond motifs is 1. The zero-order chi connectivity index (χ0) is 16.4. The van der Waals surface area contributed by atoms with Gasteiger partial charge in [0.1, 0.15) is 5.60 Å². The Hall–Kier alpha value is -1.81. The summed E-state index contributed by atoms with van der Waals surface area (Å²) in [7, 11) is 0. The zero-order valence-electron chi connectivity index (χ0n) is 13.9. The summed E-state index contributed by atoms with van der Waals surface area (Å²) in [6.45, 7) is 5.63. The van der Waals surface area contributed by atoms with Crippen LogP contribution in [0, 0.1) is 0 Å². The lowest BCUT2D eigenvalue weighted by Gasteiger charge is -2.24. The number of hydrogen-bond donors (Lipinski definition) is 1. The maximum absolute atomic E-state index is 12.0. The molecule has 1 atom stereocenters. The van der Waals surface area contributed by atoms with Crippen molar-refractivity contribution in [3.63, 3.8) is 0 Å². The number of thiophene rings is 1. The molecular formula is C19H23NO2S. The minimum absolute atomic E-state index is 0.372. The van der Waals surface area contributed by atoms with Crippen molar-refractivity contribution in [2.45, 2.75) is 51.6 Å². The summed E-state index contributed by atoms with van der Waals surface area (Å²) in [6.07, 6.45) is 2.81. The van der Waals surface area contributed by atoms with Crippen LogP contribution in [0.15, 0.2) is 35.7 Å². The van der Waals surface area contributed by atoms with Gasteiger partial charge in [-0.1, -0.05) is 30.3 Å². The highest BCUT2D eigenvalue weighted by Crippen LogP contribution is 2.39. The van der Waals surface area contributed by atoms with Crippen molar-refractivity contribution >= 4 is 23.1 Å². The van der Waals surface area contributed by atoms with Gasteiger partial charge in [-0.15, -0.1) is 11.3 Å². The highest BCUT2D eigenvalue weighted by Gasteiger charge is 2.25. The molecule has 3 nitrogen and oxygen atoms in total. The summed E-state index contributed by atoms with van der Waals surface area (Å²) in [5.74, 6) is 0.580. The van der Waals surface area contributed by atoms with E-state index >= 15 is 0 Å². The molecule has 0 saturated carbocycles. The lowest BCUT2D eigenvalue weighted by molar-refractivity contribution is 0.0636. The van der Waals surface area contributed by atoms with Crippen molar-refractivity contribution < 1.29 is 9.53 Å². The Labute approximate surface area is 141 Å². The molecule has 1 unspecified atom stereocenters. The van der Waals surface area contributed by atoms with E-state index < -0.39 is 5.60 Å². The smallest absolute Gasteiger partial charge is 0.412 e. The molecule has 3 rings (SSSR count). The molecule has 1 aromatic carbocycles. The third-order valence-corrected chi connectivity index (χ3v) is 5.11. The van der Waals surface area contributed by atoms with E-state index in [1.807, 2.05) is 26.2 Å². The van der Waals surface area contributed by atoms with Gasteiger partial charge < -0.3 is 4.74 Å². The van der Waals surface area contributed by atoms with Gasteiger partial charge in [0.05, 0.1) is 5.69 Å². The molecule has 0 saturated heterocycles. The van der Waals surface area contributed by atoms with Gasteiger partial charge in [0.25, 0.3) is 0 Å². The Balaban J connectivity index is 1.70. The fraction of sp³-hybridized carbons (Fsp3) is 0.421. The van der Waals surface area contributed by atoms with Crippen LogP contribution in [0.1, 0.15) is 49.1 Å². The summed E-state index contributed by atoms with van der Waals surface area (Å²) in [4.78, 5) is 13.4. The molecule has 0 bridgehead atoms. The Bertz CT molecular complexity index is 685.